The van der Waals surface area contributed by atoms with Gasteiger partial charge in [0.05, 0.1) is 17.1 Å². The fourth-order valence-corrected chi connectivity index (χ4v) is 1.54. The SMILES string of the molecule is CCOC(=O)c1cc(S(=O)O)ccc1C. The van der Waals surface area contributed by atoms with Crippen molar-refractivity contribution in [2.75, 3.05) is 6.61 Å². The van der Waals surface area contributed by atoms with Gasteiger partial charge < -0.3 is 9.29 Å². The van der Waals surface area contributed by atoms with Gasteiger partial charge in [-0.2, -0.15) is 0 Å². The normalized spacial score (nSPS) is 12.2. The van der Waals surface area contributed by atoms with Gasteiger partial charge in [-0.15, -0.1) is 0 Å². The number of hydrogen-bond acceptors (Lipinski definition) is 3. The Morgan fingerprint density at radius 1 is 1.53 bits per heavy atom. The van der Waals surface area contributed by atoms with E-state index in [1.165, 1.54) is 12.1 Å². The summed E-state index contributed by atoms with van der Waals surface area (Å²) in [5.74, 6) is -0.470. The lowest BCUT2D eigenvalue weighted by Crippen LogP contribution is -2.07. The minimum atomic E-state index is -2.08. The van der Waals surface area contributed by atoms with E-state index in [1.54, 1.807) is 19.9 Å². The molecule has 0 saturated carbocycles. The fourth-order valence-electron chi connectivity index (χ4n) is 1.14. The molecule has 0 aliphatic heterocycles. The van der Waals surface area contributed by atoms with E-state index < -0.39 is 17.0 Å². The van der Waals surface area contributed by atoms with Crippen molar-refractivity contribution in [1.82, 2.24) is 0 Å². The van der Waals surface area contributed by atoms with Gasteiger partial charge in [0.15, 0.2) is 11.1 Å². The Bertz CT molecular complexity index is 400. The van der Waals surface area contributed by atoms with Crippen LogP contribution in [-0.4, -0.2) is 21.3 Å². The van der Waals surface area contributed by atoms with Crippen LogP contribution >= 0.6 is 0 Å². The Kier molecular flexibility index (Phi) is 3.99. The Morgan fingerprint density at radius 3 is 2.73 bits per heavy atom. The zero-order valence-corrected chi connectivity index (χ0v) is 9.34. The third kappa shape index (κ3) is 2.87. The molecule has 0 aromatic heterocycles. The molecule has 1 atom stereocenters. The summed E-state index contributed by atoms with van der Waals surface area (Å²) in [6.45, 7) is 3.74. The molecular weight excluding hydrogens is 216 g/mol. The van der Waals surface area contributed by atoms with Crippen molar-refractivity contribution < 1.29 is 18.3 Å². The predicted molar refractivity (Wildman–Crippen MR) is 56.2 cm³/mol. The first-order valence-corrected chi connectivity index (χ1v) is 5.55. The molecule has 0 radical (unpaired) electrons. The lowest BCUT2D eigenvalue weighted by atomic mass is 10.1. The first kappa shape index (κ1) is 11.9. The van der Waals surface area contributed by atoms with Crippen LogP contribution in [0.5, 0.6) is 0 Å². The van der Waals surface area contributed by atoms with Crippen molar-refractivity contribution in [1.29, 1.82) is 0 Å². The van der Waals surface area contributed by atoms with Crippen LogP contribution in [0.3, 0.4) is 0 Å². The molecule has 0 amide bonds. The number of ether oxygens (including phenoxy) is 1. The van der Waals surface area contributed by atoms with Crippen LogP contribution in [0.15, 0.2) is 23.1 Å². The fraction of sp³-hybridized carbons (Fsp3) is 0.300. The lowest BCUT2D eigenvalue weighted by molar-refractivity contribution is 0.0525. The second-order valence-corrected chi connectivity index (χ2v) is 3.92. The highest BCUT2D eigenvalue weighted by Gasteiger charge is 2.12. The van der Waals surface area contributed by atoms with Gasteiger partial charge in [0.25, 0.3) is 0 Å². The number of esters is 1. The van der Waals surface area contributed by atoms with Crippen molar-refractivity contribution in [3.63, 3.8) is 0 Å². The van der Waals surface area contributed by atoms with Gasteiger partial charge in [0, 0.05) is 0 Å². The monoisotopic (exact) mass is 228 g/mol. The van der Waals surface area contributed by atoms with Gasteiger partial charge in [-0.1, -0.05) is 6.07 Å². The molecule has 4 nitrogen and oxygen atoms in total. The van der Waals surface area contributed by atoms with Gasteiger partial charge in [-0.25, -0.2) is 9.00 Å². The predicted octanol–water partition coefficient (Wildman–Crippen LogP) is 1.75. The summed E-state index contributed by atoms with van der Waals surface area (Å²) in [7, 11) is 0. The highest BCUT2D eigenvalue weighted by Crippen LogP contribution is 2.14. The zero-order valence-electron chi connectivity index (χ0n) is 8.52. The first-order valence-electron chi connectivity index (χ1n) is 4.45. The summed E-state index contributed by atoms with van der Waals surface area (Å²) in [4.78, 5) is 11.6. The van der Waals surface area contributed by atoms with E-state index in [0.29, 0.717) is 5.56 Å². The van der Waals surface area contributed by atoms with Gasteiger partial charge in [-0.05, 0) is 31.5 Å². The number of benzene rings is 1. The average Bonchev–Trinajstić information content (AvgIpc) is 2.18. The maximum atomic E-state index is 11.4. The van der Waals surface area contributed by atoms with Crippen molar-refractivity contribution in [3.8, 4) is 0 Å². The smallest absolute Gasteiger partial charge is 0.338 e. The first-order chi connectivity index (χ1) is 7.06. The van der Waals surface area contributed by atoms with Crippen molar-refractivity contribution in [2.24, 2.45) is 0 Å². The molecule has 0 fully saturated rings. The van der Waals surface area contributed by atoms with Crippen LogP contribution in [0.4, 0.5) is 0 Å². The molecule has 1 unspecified atom stereocenters. The maximum absolute atomic E-state index is 11.4. The number of rotatable bonds is 3. The van der Waals surface area contributed by atoms with Crippen LogP contribution in [0, 0.1) is 6.92 Å². The van der Waals surface area contributed by atoms with E-state index in [9.17, 15) is 9.00 Å². The summed E-state index contributed by atoms with van der Waals surface area (Å²) in [6.07, 6.45) is 0. The van der Waals surface area contributed by atoms with Gasteiger partial charge in [-0.3, -0.25) is 0 Å². The Morgan fingerprint density at radius 2 is 2.20 bits per heavy atom. The van der Waals surface area contributed by atoms with Crippen molar-refractivity contribution in [2.45, 2.75) is 18.7 Å². The van der Waals surface area contributed by atoms with E-state index in [1.807, 2.05) is 0 Å². The van der Waals surface area contributed by atoms with E-state index in [4.69, 9.17) is 9.29 Å². The van der Waals surface area contributed by atoms with Crippen LogP contribution < -0.4 is 0 Å². The summed E-state index contributed by atoms with van der Waals surface area (Å²) >= 11 is -2.08. The lowest BCUT2D eigenvalue weighted by Gasteiger charge is -2.06. The second-order valence-electron chi connectivity index (χ2n) is 2.95. The zero-order chi connectivity index (χ0) is 11.4. The van der Waals surface area contributed by atoms with E-state index in [-0.39, 0.29) is 11.5 Å². The molecule has 1 N–H and O–H groups in total. The Hall–Kier alpha value is -1.20. The summed E-state index contributed by atoms with van der Waals surface area (Å²) in [5, 5.41) is 0. The molecule has 0 saturated heterocycles. The Balaban J connectivity index is 3.10. The average molecular weight is 228 g/mol. The number of carbonyl (C=O) groups excluding carboxylic acids is 1. The molecule has 1 aromatic rings. The molecule has 15 heavy (non-hydrogen) atoms. The largest absolute Gasteiger partial charge is 0.462 e. The molecule has 0 spiro atoms. The van der Waals surface area contributed by atoms with Crippen LogP contribution in [0.25, 0.3) is 0 Å². The van der Waals surface area contributed by atoms with Crippen molar-refractivity contribution >= 4 is 17.0 Å². The standard InChI is InChI=1S/C10H12O4S/c1-3-14-10(11)9-6-8(15(12)13)5-4-7(9)2/h4-6H,3H2,1-2H3,(H,12,13). The maximum Gasteiger partial charge on any atom is 0.338 e. The summed E-state index contributed by atoms with van der Waals surface area (Å²) in [5.41, 5.74) is 1.06. The molecule has 0 aliphatic rings. The third-order valence-corrected chi connectivity index (χ3v) is 2.56. The molecule has 0 bridgehead atoms. The second kappa shape index (κ2) is 5.04. The highest BCUT2D eigenvalue weighted by molar-refractivity contribution is 7.79. The molecule has 1 rings (SSSR count). The topological polar surface area (TPSA) is 63.6 Å². The number of carbonyl (C=O) groups is 1. The van der Waals surface area contributed by atoms with Crippen molar-refractivity contribution in [3.05, 3.63) is 29.3 Å². The number of hydrogen-bond donors (Lipinski definition) is 1. The van der Waals surface area contributed by atoms with Crippen LogP contribution in [0.1, 0.15) is 22.8 Å². The third-order valence-electron chi connectivity index (χ3n) is 1.91. The molecule has 0 aliphatic carbocycles. The van der Waals surface area contributed by atoms with Gasteiger partial charge in [0.1, 0.15) is 0 Å². The highest BCUT2D eigenvalue weighted by atomic mass is 32.2. The molecule has 82 valence electrons. The van der Waals surface area contributed by atoms with Gasteiger partial charge in [0.2, 0.25) is 0 Å². The minimum Gasteiger partial charge on any atom is -0.462 e. The quantitative estimate of drug-likeness (QED) is 0.632. The number of aryl methyl sites for hydroxylation is 1. The van der Waals surface area contributed by atoms with E-state index >= 15 is 0 Å². The Labute approximate surface area is 90.5 Å². The van der Waals surface area contributed by atoms with Gasteiger partial charge >= 0.3 is 5.97 Å². The summed E-state index contributed by atoms with van der Waals surface area (Å²) in [6, 6.07) is 4.51. The molecule has 1 aromatic carbocycles. The van der Waals surface area contributed by atoms with Crippen LogP contribution in [-0.2, 0) is 15.8 Å². The molecule has 0 heterocycles. The summed E-state index contributed by atoms with van der Waals surface area (Å²) < 4.78 is 24.5. The van der Waals surface area contributed by atoms with Crippen LogP contribution in [0.2, 0.25) is 0 Å². The van der Waals surface area contributed by atoms with E-state index in [0.717, 1.165) is 5.56 Å². The minimum absolute atomic E-state index is 0.198. The molecule has 5 heteroatoms. The molecular formula is C10H12O4S. The van der Waals surface area contributed by atoms with E-state index in [2.05, 4.69) is 0 Å².